The third kappa shape index (κ3) is 3.44. The van der Waals surface area contributed by atoms with E-state index in [1.807, 2.05) is 23.1 Å². The van der Waals surface area contributed by atoms with E-state index in [1.165, 1.54) is 0 Å². The molecule has 2 aliphatic rings. The van der Waals surface area contributed by atoms with E-state index in [4.69, 9.17) is 0 Å². The van der Waals surface area contributed by atoms with Crippen molar-refractivity contribution in [1.29, 1.82) is 0 Å². The van der Waals surface area contributed by atoms with E-state index in [-0.39, 0.29) is 0 Å². The van der Waals surface area contributed by atoms with Crippen LogP contribution in [0.3, 0.4) is 0 Å². The van der Waals surface area contributed by atoms with Crippen LogP contribution in [0, 0.1) is 0 Å². The van der Waals surface area contributed by atoms with Crippen LogP contribution >= 0.6 is 0 Å². The number of aromatic nitrogens is 3. The van der Waals surface area contributed by atoms with E-state index in [9.17, 15) is 13.2 Å². The van der Waals surface area contributed by atoms with E-state index in [1.54, 1.807) is 6.20 Å². The second-order valence-electron chi connectivity index (χ2n) is 6.53. The summed E-state index contributed by atoms with van der Waals surface area (Å²) in [5.74, 6) is 1.33. The fraction of sp³-hybridized carbons (Fsp3) is 0.471. The van der Waals surface area contributed by atoms with Crippen LogP contribution in [0.25, 0.3) is 0 Å². The summed E-state index contributed by atoms with van der Waals surface area (Å²) in [4.78, 5) is 18.2. The molecule has 0 aromatic carbocycles. The highest BCUT2D eigenvalue weighted by Gasteiger charge is 2.37. The number of anilines is 2. The van der Waals surface area contributed by atoms with Gasteiger partial charge in [-0.1, -0.05) is 6.07 Å². The number of piperazine rings is 1. The zero-order valence-corrected chi connectivity index (χ0v) is 14.1. The molecule has 2 aromatic heterocycles. The van der Waals surface area contributed by atoms with Crippen LogP contribution < -0.4 is 9.80 Å². The Kier molecular flexibility index (Phi) is 4.39. The van der Waals surface area contributed by atoms with Crippen LogP contribution in [0.4, 0.5) is 24.8 Å². The molecule has 138 valence electrons. The van der Waals surface area contributed by atoms with Gasteiger partial charge in [0, 0.05) is 57.6 Å². The van der Waals surface area contributed by atoms with Crippen molar-refractivity contribution in [2.24, 2.45) is 0 Å². The summed E-state index contributed by atoms with van der Waals surface area (Å²) in [6.07, 6.45) is -1.66. The molecule has 2 fully saturated rings. The van der Waals surface area contributed by atoms with Gasteiger partial charge in [-0.2, -0.15) is 13.2 Å². The first kappa shape index (κ1) is 17.0. The molecular formula is C17H19F3N6. The zero-order chi connectivity index (χ0) is 18.1. The van der Waals surface area contributed by atoms with E-state index in [0.29, 0.717) is 24.9 Å². The molecule has 4 rings (SSSR count). The average Bonchev–Trinajstić information content (AvgIpc) is 2.61. The Balaban J connectivity index is 1.31. The van der Waals surface area contributed by atoms with Gasteiger partial charge in [0.1, 0.15) is 23.7 Å². The molecule has 0 spiro atoms. The van der Waals surface area contributed by atoms with Gasteiger partial charge in [0.2, 0.25) is 0 Å². The smallest absolute Gasteiger partial charge is 0.354 e. The van der Waals surface area contributed by atoms with Crippen LogP contribution in [-0.2, 0) is 6.18 Å². The van der Waals surface area contributed by atoms with Crippen LogP contribution in [0.1, 0.15) is 5.69 Å². The summed E-state index contributed by atoms with van der Waals surface area (Å²) in [5, 5.41) is 0. The van der Waals surface area contributed by atoms with Crippen molar-refractivity contribution in [2.75, 3.05) is 49.1 Å². The molecule has 2 aliphatic heterocycles. The summed E-state index contributed by atoms with van der Waals surface area (Å²) >= 11 is 0. The van der Waals surface area contributed by atoms with Crippen molar-refractivity contribution in [1.82, 2.24) is 19.9 Å². The Morgan fingerprint density at radius 3 is 2.31 bits per heavy atom. The first-order chi connectivity index (χ1) is 12.5. The van der Waals surface area contributed by atoms with Crippen LogP contribution in [-0.4, -0.2) is 65.2 Å². The van der Waals surface area contributed by atoms with Gasteiger partial charge in [0.25, 0.3) is 0 Å². The van der Waals surface area contributed by atoms with Crippen molar-refractivity contribution < 1.29 is 13.2 Å². The van der Waals surface area contributed by atoms with Crippen molar-refractivity contribution in [3.05, 3.63) is 42.5 Å². The average molecular weight is 364 g/mol. The lowest BCUT2D eigenvalue weighted by atomic mass is 10.1. The summed E-state index contributed by atoms with van der Waals surface area (Å²) in [5.41, 5.74) is -0.894. The number of hydrogen-bond donors (Lipinski definition) is 0. The Morgan fingerprint density at radius 1 is 0.885 bits per heavy atom. The molecule has 0 radical (unpaired) electrons. The molecule has 2 saturated heterocycles. The quantitative estimate of drug-likeness (QED) is 0.829. The lowest BCUT2D eigenvalue weighted by Gasteiger charge is -2.48. The van der Waals surface area contributed by atoms with Crippen molar-refractivity contribution >= 4 is 11.6 Å². The summed E-state index contributed by atoms with van der Waals surface area (Å²) < 4.78 is 38.3. The zero-order valence-electron chi connectivity index (χ0n) is 14.1. The third-order valence-electron chi connectivity index (χ3n) is 4.93. The molecule has 4 heterocycles. The van der Waals surface area contributed by atoms with Gasteiger partial charge >= 0.3 is 6.18 Å². The first-order valence-electron chi connectivity index (χ1n) is 8.55. The minimum absolute atomic E-state index is 0.343. The van der Waals surface area contributed by atoms with Gasteiger partial charge < -0.3 is 9.80 Å². The van der Waals surface area contributed by atoms with Gasteiger partial charge in [-0.25, -0.2) is 15.0 Å². The van der Waals surface area contributed by atoms with E-state index in [0.717, 1.165) is 44.4 Å². The maximum atomic E-state index is 12.8. The highest BCUT2D eigenvalue weighted by molar-refractivity contribution is 5.44. The molecule has 9 heteroatoms. The molecule has 0 amide bonds. The molecule has 0 unspecified atom stereocenters. The van der Waals surface area contributed by atoms with Crippen molar-refractivity contribution in [3.8, 4) is 0 Å². The summed E-state index contributed by atoms with van der Waals surface area (Å²) in [6.45, 7) is 5.04. The molecule has 26 heavy (non-hydrogen) atoms. The Labute approximate surface area is 149 Å². The number of nitrogens with zero attached hydrogens (tertiary/aromatic N) is 6. The molecule has 0 atom stereocenters. The van der Waals surface area contributed by atoms with Gasteiger partial charge in [-0.15, -0.1) is 0 Å². The standard InChI is InChI=1S/C17H19F3N6/c18-17(19,20)14-9-16(23-12-22-14)26-10-13(11-26)24-5-7-25(8-6-24)15-3-1-2-4-21-15/h1-4,9,12-13H,5-8,10-11H2. The normalized spacial score (nSPS) is 19.5. The van der Waals surface area contributed by atoms with Crippen LogP contribution in [0.2, 0.25) is 0 Å². The Bertz CT molecular complexity index is 740. The number of pyridine rings is 1. The predicted octanol–water partition coefficient (Wildman–Crippen LogP) is 1.90. The fourth-order valence-electron chi connectivity index (χ4n) is 3.41. The summed E-state index contributed by atoms with van der Waals surface area (Å²) in [7, 11) is 0. The van der Waals surface area contributed by atoms with Crippen molar-refractivity contribution in [2.45, 2.75) is 12.2 Å². The van der Waals surface area contributed by atoms with Crippen molar-refractivity contribution in [3.63, 3.8) is 0 Å². The lowest BCUT2D eigenvalue weighted by Crippen LogP contribution is -2.63. The van der Waals surface area contributed by atoms with E-state index < -0.39 is 11.9 Å². The lowest BCUT2D eigenvalue weighted by molar-refractivity contribution is -0.141. The minimum atomic E-state index is -4.44. The molecular weight excluding hydrogens is 345 g/mol. The molecule has 2 aromatic rings. The monoisotopic (exact) mass is 364 g/mol. The molecule has 0 bridgehead atoms. The van der Waals surface area contributed by atoms with Gasteiger partial charge in [0.05, 0.1) is 0 Å². The van der Waals surface area contributed by atoms with Crippen LogP contribution in [0.5, 0.6) is 0 Å². The number of alkyl halides is 3. The largest absolute Gasteiger partial charge is 0.433 e. The van der Waals surface area contributed by atoms with Gasteiger partial charge in [-0.05, 0) is 12.1 Å². The Morgan fingerprint density at radius 2 is 1.65 bits per heavy atom. The number of halogens is 3. The van der Waals surface area contributed by atoms with Gasteiger partial charge in [0.15, 0.2) is 0 Å². The number of rotatable bonds is 3. The molecule has 0 N–H and O–H groups in total. The molecule has 0 saturated carbocycles. The van der Waals surface area contributed by atoms with Crippen LogP contribution in [0.15, 0.2) is 36.8 Å². The van der Waals surface area contributed by atoms with E-state index in [2.05, 4.69) is 24.8 Å². The highest BCUT2D eigenvalue weighted by Crippen LogP contribution is 2.30. The second kappa shape index (κ2) is 6.71. The third-order valence-corrected chi connectivity index (χ3v) is 4.93. The Hall–Kier alpha value is -2.42. The van der Waals surface area contributed by atoms with E-state index >= 15 is 0 Å². The minimum Gasteiger partial charge on any atom is -0.354 e. The highest BCUT2D eigenvalue weighted by atomic mass is 19.4. The number of hydrogen-bond acceptors (Lipinski definition) is 6. The SMILES string of the molecule is FC(F)(F)c1cc(N2CC(N3CCN(c4ccccn4)CC3)C2)ncn1. The summed E-state index contributed by atoms with van der Waals surface area (Å²) in [6, 6.07) is 7.27. The van der Waals surface area contributed by atoms with Gasteiger partial charge in [-0.3, -0.25) is 4.90 Å². The second-order valence-corrected chi connectivity index (χ2v) is 6.53. The maximum Gasteiger partial charge on any atom is 0.433 e. The topological polar surface area (TPSA) is 48.4 Å². The maximum absolute atomic E-state index is 12.8. The molecule has 0 aliphatic carbocycles. The molecule has 6 nitrogen and oxygen atoms in total. The predicted molar refractivity (Wildman–Crippen MR) is 91.1 cm³/mol. The first-order valence-corrected chi connectivity index (χ1v) is 8.55. The fourth-order valence-corrected chi connectivity index (χ4v) is 3.41.